The van der Waals surface area contributed by atoms with E-state index in [1.807, 2.05) is 13.1 Å². The van der Waals surface area contributed by atoms with E-state index in [-0.39, 0.29) is 6.04 Å². The van der Waals surface area contributed by atoms with Gasteiger partial charge in [-0.2, -0.15) is 4.98 Å². The third-order valence-corrected chi connectivity index (χ3v) is 6.63. The average Bonchev–Trinajstić information content (AvgIpc) is 3.52. The number of para-hydroxylation sites is 1. The minimum absolute atomic E-state index is 0.186. The Bertz CT molecular complexity index is 1230. The van der Waals surface area contributed by atoms with E-state index < -0.39 is 0 Å². The molecule has 4 heterocycles. The second-order valence-corrected chi connectivity index (χ2v) is 8.33. The summed E-state index contributed by atoms with van der Waals surface area (Å²) < 4.78 is 4.23. The van der Waals surface area contributed by atoms with E-state index in [2.05, 4.69) is 67.7 Å². The molecule has 152 valence electrons. The van der Waals surface area contributed by atoms with Gasteiger partial charge in [0.05, 0.1) is 17.8 Å². The summed E-state index contributed by atoms with van der Waals surface area (Å²) in [6.07, 6.45) is 9.93. The Balaban J connectivity index is 1.57. The van der Waals surface area contributed by atoms with Gasteiger partial charge < -0.3 is 4.90 Å². The Kier molecular flexibility index (Phi) is 3.91. The topological polar surface area (TPSA) is 64.7 Å². The highest BCUT2D eigenvalue weighted by atomic mass is 15.4. The summed E-state index contributed by atoms with van der Waals surface area (Å²) in [5.41, 5.74) is 2.11. The van der Waals surface area contributed by atoms with Gasteiger partial charge in [-0.05, 0) is 38.3 Å². The first kappa shape index (κ1) is 17.6. The number of anilines is 1. The van der Waals surface area contributed by atoms with Crippen LogP contribution in [-0.2, 0) is 0 Å². The maximum Gasteiger partial charge on any atom is 0.236 e. The number of aromatic nitrogens is 6. The standard InChI is InChI=1S/C23H25N7/c1-3-18-22-27-26-15(2)29(22)20-14-24-23(25-21(20)30(18)17-9-5-6-10-17)28-13-12-16-8-4-7-11-19(16)28/h4,7-8,11-14,17-18H,3,5-6,9-10H2,1-2H3. The summed E-state index contributed by atoms with van der Waals surface area (Å²) >= 11 is 0. The van der Waals surface area contributed by atoms with E-state index in [4.69, 9.17) is 9.97 Å². The maximum atomic E-state index is 5.15. The van der Waals surface area contributed by atoms with Crippen LogP contribution in [0, 0.1) is 6.92 Å². The fourth-order valence-electron chi connectivity index (χ4n) is 5.23. The van der Waals surface area contributed by atoms with Crippen LogP contribution in [0.25, 0.3) is 22.5 Å². The molecule has 0 N–H and O–H groups in total. The van der Waals surface area contributed by atoms with Gasteiger partial charge in [0, 0.05) is 17.6 Å². The lowest BCUT2D eigenvalue weighted by Gasteiger charge is -2.41. The first-order chi connectivity index (χ1) is 14.8. The summed E-state index contributed by atoms with van der Waals surface area (Å²) in [7, 11) is 0. The van der Waals surface area contributed by atoms with Gasteiger partial charge in [0.1, 0.15) is 11.5 Å². The molecule has 7 nitrogen and oxygen atoms in total. The molecule has 1 aromatic carbocycles. The molecule has 0 spiro atoms. The van der Waals surface area contributed by atoms with Gasteiger partial charge >= 0.3 is 0 Å². The van der Waals surface area contributed by atoms with Crippen molar-refractivity contribution in [3.63, 3.8) is 0 Å². The van der Waals surface area contributed by atoms with Crippen LogP contribution in [0.15, 0.2) is 42.7 Å². The van der Waals surface area contributed by atoms with E-state index in [9.17, 15) is 0 Å². The van der Waals surface area contributed by atoms with Gasteiger partial charge in [-0.15, -0.1) is 10.2 Å². The minimum Gasteiger partial charge on any atom is -0.341 e. The summed E-state index contributed by atoms with van der Waals surface area (Å²) in [6, 6.07) is 11.1. The molecule has 2 aliphatic rings. The number of hydrogen-bond acceptors (Lipinski definition) is 5. The largest absolute Gasteiger partial charge is 0.341 e. The van der Waals surface area contributed by atoms with Crippen LogP contribution in [0.4, 0.5) is 5.82 Å². The van der Waals surface area contributed by atoms with Crippen molar-refractivity contribution < 1.29 is 0 Å². The Labute approximate surface area is 175 Å². The third-order valence-electron chi connectivity index (χ3n) is 6.63. The lowest BCUT2D eigenvalue weighted by atomic mass is 10.0. The van der Waals surface area contributed by atoms with Crippen molar-refractivity contribution >= 4 is 16.7 Å². The Hall–Kier alpha value is -3.22. The predicted molar refractivity (Wildman–Crippen MR) is 116 cm³/mol. The molecule has 30 heavy (non-hydrogen) atoms. The molecule has 6 rings (SSSR count). The van der Waals surface area contributed by atoms with E-state index in [1.54, 1.807) is 0 Å². The highest BCUT2D eigenvalue weighted by Crippen LogP contribution is 2.43. The smallest absolute Gasteiger partial charge is 0.236 e. The molecular formula is C23H25N7. The van der Waals surface area contributed by atoms with Gasteiger partial charge in [0.25, 0.3) is 0 Å². The van der Waals surface area contributed by atoms with Crippen LogP contribution in [0.2, 0.25) is 0 Å². The van der Waals surface area contributed by atoms with Crippen LogP contribution < -0.4 is 4.90 Å². The number of hydrogen-bond donors (Lipinski definition) is 0. The van der Waals surface area contributed by atoms with Crippen molar-refractivity contribution in [3.8, 4) is 11.6 Å². The predicted octanol–water partition coefficient (Wildman–Crippen LogP) is 4.52. The van der Waals surface area contributed by atoms with Crippen LogP contribution >= 0.6 is 0 Å². The van der Waals surface area contributed by atoms with Crippen LogP contribution in [0.3, 0.4) is 0 Å². The fraction of sp³-hybridized carbons (Fsp3) is 0.391. The van der Waals surface area contributed by atoms with Crippen molar-refractivity contribution in [2.24, 2.45) is 0 Å². The molecule has 0 amide bonds. The van der Waals surface area contributed by atoms with E-state index in [1.165, 1.54) is 31.1 Å². The Morgan fingerprint density at radius 1 is 1.07 bits per heavy atom. The monoisotopic (exact) mass is 399 g/mol. The molecular weight excluding hydrogens is 374 g/mol. The SMILES string of the molecule is CCC1c2nnc(C)n2-c2cnc(-n3ccc4ccccc43)nc2N1C1CCCC1. The van der Waals surface area contributed by atoms with Gasteiger partial charge in [-0.1, -0.05) is 38.0 Å². The van der Waals surface area contributed by atoms with E-state index >= 15 is 0 Å². The first-order valence-corrected chi connectivity index (χ1v) is 10.9. The lowest BCUT2D eigenvalue weighted by molar-refractivity contribution is 0.467. The first-order valence-electron chi connectivity index (χ1n) is 10.9. The molecule has 1 aliphatic carbocycles. The zero-order valence-corrected chi connectivity index (χ0v) is 17.4. The van der Waals surface area contributed by atoms with Gasteiger partial charge in [-0.25, -0.2) is 4.98 Å². The van der Waals surface area contributed by atoms with Crippen molar-refractivity contribution in [1.29, 1.82) is 0 Å². The quantitative estimate of drug-likeness (QED) is 0.507. The fourth-order valence-corrected chi connectivity index (χ4v) is 5.23. The molecule has 7 heteroatoms. The third kappa shape index (κ3) is 2.44. The molecule has 4 aromatic rings. The Morgan fingerprint density at radius 3 is 2.73 bits per heavy atom. The number of fused-ring (bicyclic) bond motifs is 4. The molecule has 1 saturated carbocycles. The van der Waals surface area contributed by atoms with Crippen LogP contribution in [0.5, 0.6) is 0 Å². The summed E-state index contributed by atoms with van der Waals surface area (Å²) in [5, 5.41) is 10.1. The van der Waals surface area contributed by atoms with Crippen LogP contribution in [-0.4, -0.2) is 35.3 Å². The number of aryl methyl sites for hydroxylation is 1. The maximum absolute atomic E-state index is 5.15. The van der Waals surface area contributed by atoms with Gasteiger partial charge in [0.2, 0.25) is 5.95 Å². The number of nitrogens with zero attached hydrogens (tertiary/aromatic N) is 7. The number of benzene rings is 1. The summed E-state index contributed by atoms with van der Waals surface area (Å²) in [4.78, 5) is 12.4. The van der Waals surface area contributed by atoms with Crippen molar-refractivity contribution in [2.75, 3.05) is 4.90 Å². The molecule has 1 atom stereocenters. The molecule has 0 bridgehead atoms. The molecule has 3 aromatic heterocycles. The zero-order chi connectivity index (χ0) is 20.2. The van der Waals surface area contributed by atoms with Gasteiger partial charge in [-0.3, -0.25) is 9.13 Å². The van der Waals surface area contributed by atoms with E-state index in [0.29, 0.717) is 12.0 Å². The molecule has 0 radical (unpaired) electrons. The van der Waals surface area contributed by atoms with Gasteiger partial charge in [0.15, 0.2) is 11.6 Å². The second kappa shape index (κ2) is 6.65. The van der Waals surface area contributed by atoms with E-state index in [0.717, 1.165) is 35.1 Å². The summed E-state index contributed by atoms with van der Waals surface area (Å²) in [6.45, 7) is 4.24. The molecule has 1 fully saturated rings. The molecule has 1 aliphatic heterocycles. The summed E-state index contributed by atoms with van der Waals surface area (Å²) in [5.74, 6) is 3.62. The minimum atomic E-state index is 0.186. The number of rotatable bonds is 3. The van der Waals surface area contributed by atoms with Crippen LogP contribution in [0.1, 0.15) is 56.7 Å². The van der Waals surface area contributed by atoms with Crippen molar-refractivity contribution in [1.82, 2.24) is 29.3 Å². The molecule has 0 saturated heterocycles. The highest BCUT2D eigenvalue weighted by Gasteiger charge is 2.39. The lowest BCUT2D eigenvalue weighted by Crippen LogP contribution is -2.42. The highest BCUT2D eigenvalue weighted by molar-refractivity contribution is 5.81. The normalized spacial score (nSPS) is 18.7. The van der Waals surface area contributed by atoms with Crippen molar-refractivity contribution in [3.05, 3.63) is 54.4 Å². The molecule has 1 unspecified atom stereocenters. The Morgan fingerprint density at radius 2 is 1.90 bits per heavy atom. The van der Waals surface area contributed by atoms with Crippen molar-refractivity contribution in [2.45, 2.75) is 58.0 Å². The second-order valence-electron chi connectivity index (χ2n) is 8.33. The average molecular weight is 400 g/mol. The zero-order valence-electron chi connectivity index (χ0n) is 17.4.